The number of thioether (sulfide) groups is 1. The molecular formula is C22H46O4SSi2. The minimum absolute atomic E-state index is 0.0465. The average Bonchev–Trinajstić information content (AvgIpc) is 2.53. The summed E-state index contributed by atoms with van der Waals surface area (Å²) in [6.07, 6.45) is 1.91. The molecule has 1 rings (SSSR count). The second-order valence-electron chi connectivity index (χ2n) is 11.4. The van der Waals surface area contributed by atoms with Gasteiger partial charge in [0.25, 0.3) is 0 Å². The van der Waals surface area contributed by atoms with Crippen LogP contribution < -0.4 is 0 Å². The van der Waals surface area contributed by atoms with Crippen LogP contribution in [0, 0.1) is 0 Å². The van der Waals surface area contributed by atoms with Crippen LogP contribution in [0.2, 0.25) is 36.3 Å². The molecule has 0 aromatic carbocycles. The summed E-state index contributed by atoms with van der Waals surface area (Å²) in [5, 5.41) is 0.168. The lowest BCUT2D eigenvalue weighted by Gasteiger charge is -2.44. The fraction of sp³-hybridized carbons (Fsp3) is 0.955. The molecule has 0 unspecified atom stereocenters. The van der Waals surface area contributed by atoms with E-state index in [0.29, 0.717) is 13.0 Å². The van der Waals surface area contributed by atoms with Gasteiger partial charge in [-0.05, 0) is 48.4 Å². The van der Waals surface area contributed by atoms with Crippen LogP contribution in [0.1, 0.15) is 67.7 Å². The molecule has 0 bridgehead atoms. The molecule has 0 spiro atoms. The molecule has 0 radical (unpaired) electrons. The first-order chi connectivity index (χ1) is 13.0. The number of ether oxygens (including phenoxy) is 1. The van der Waals surface area contributed by atoms with Gasteiger partial charge in [0.15, 0.2) is 22.4 Å². The molecule has 0 saturated carbocycles. The summed E-state index contributed by atoms with van der Waals surface area (Å²) in [6.45, 7) is 24.8. The van der Waals surface area contributed by atoms with Gasteiger partial charge in [0.1, 0.15) is 17.6 Å². The van der Waals surface area contributed by atoms with E-state index in [2.05, 4.69) is 74.7 Å². The maximum atomic E-state index is 13.1. The Morgan fingerprint density at radius 2 is 1.59 bits per heavy atom. The highest BCUT2D eigenvalue weighted by Crippen LogP contribution is 2.40. The predicted molar refractivity (Wildman–Crippen MR) is 131 cm³/mol. The third-order valence-electron chi connectivity index (χ3n) is 6.79. The van der Waals surface area contributed by atoms with Gasteiger partial charge in [0.05, 0.1) is 6.61 Å². The van der Waals surface area contributed by atoms with Crippen LogP contribution in [-0.4, -0.2) is 52.4 Å². The van der Waals surface area contributed by atoms with Gasteiger partial charge in [-0.2, -0.15) is 0 Å². The molecular weight excluding hydrogens is 416 g/mol. The number of hydrogen-bond donors (Lipinski definition) is 0. The minimum Gasteiger partial charge on any atom is -0.414 e. The summed E-state index contributed by atoms with van der Waals surface area (Å²) < 4.78 is 19.5. The lowest BCUT2D eigenvalue weighted by molar-refractivity contribution is -0.151. The molecule has 172 valence electrons. The van der Waals surface area contributed by atoms with Crippen molar-refractivity contribution in [3.05, 3.63) is 0 Å². The van der Waals surface area contributed by atoms with E-state index >= 15 is 0 Å². The van der Waals surface area contributed by atoms with Gasteiger partial charge in [-0.25, -0.2) is 0 Å². The number of Topliss-reactive ketones (excluding diaryl/α,β-unsaturated/α-hetero) is 1. The number of carbonyl (C=O) groups excluding carboxylic acids is 1. The number of carbonyl (C=O) groups is 1. The summed E-state index contributed by atoms with van der Waals surface area (Å²) in [5.74, 6) is 1.21. The van der Waals surface area contributed by atoms with E-state index in [0.717, 1.165) is 18.6 Å². The standard InChI is InChI=1S/C22H46O4SSi2/c1-12-13-14-27-19-15-17(23)20(26-29(10,11)22(5,6)7)18(25-19)16-24-28(8,9)21(2,3)4/h18-20H,12-16H2,1-11H3/t18-,19-,20+/m1/s1. The number of unbranched alkanes of at least 4 members (excludes halogenated alkanes) is 1. The zero-order valence-electron chi connectivity index (χ0n) is 20.8. The maximum absolute atomic E-state index is 13.1. The Bertz CT molecular complexity index is 538. The van der Waals surface area contributed by atoms with E-state index in [1.54, 1.807) is 11.8 Å². The van der Waals surface area contributed by atoms with Crippen LogP contribution in [0.4, 0.5) is 0 Å². The second kappa shape index (κ2) is 10.3. The van der Waals surface area contributed by atoms with E-state index in [9.17, 15) is 4.79 Å². The molecule has 7 heteroatoms. The molecule has 0 aromatic heterocycles. The smallest absolute Gasteiger partial charge is 0.193 e. The number of rotatable bonds is 9. The van der Waals surface area contributed by atoms with E-state index in [1.807, 2.05) is 0 Å². The minimum atomic E-state index is -2.09. The number of ketones is 1. The van der Waals surface area contributed by atoms with Crippen molar-refractivity contribution in [2.24, 2.45) is 0 Å². The highest BCUT2D eigenvalue weighted by atomic mass is 32.2. The molecule has 29 heavy (non-hydrogen) atoms. The zero-order chi connectivity index (χ0) is 22.7. The highest BCUT2D eigenvalue weighted by Gasteiger charge is 2.47. The fourth-order valence-corrected chi connectivity index (χ4v) is 6.04. The third kappa shape index (κ3) is 7.76. The van der Waals surface area contributed by atoms with Crippen LogP contribution in [-0.2, 0) is 18.4 Å². The van der Waals surface area contributed by atoms with E-state index < -0.39 is 22.7 Å². The first-order valence-corrected chi connectivity index (χ1v) is 18.0. The second-order valence-corrected chi connectivity index (χ2v) is 22.2. The fourth-order valence-electron chi connectivity index (χ4n) is 2.53. The molecule has 1 heterocycles. The summed E-state index contributed by atoms with van der Waals surface area (Å²) in [4.78, 5) is 13.1. The van der Waals surface area contributed by atoms with Gasteiger partial charge in [-0.1, -0.05) is 54.9 Å². The Labute approximate surface area is 186 Å². The number of hydrogen-bond acceptors (Lipinski definition) is 5. The average molecular weight is 463 g/mol. The molecule has 1 aliphatic heterocycles. The van der Waals surface area contributed by atoms with Crippen molar-refractivity contribution in [2.45, 2.75) is 122 Å². The van der Waals surface area contributed by atoms with Crippen LogP contribution in [0.3, 0.4) is 0 Å². The SMILES string of the molecule is CCCCS[C@@H]1CC(=O)[C@H](O[Si](C)(C)C(C)(C)C)[C@@H](CO[Si](C)(C)C(C)(C)C)O1. The van der Waals surface area contributed by atoms with Crippen LogP contribution in [0.25, 0.3) is 0 Å². The molecule has 1 fully saturated rings. The van der Waals surface area contributed by atoms with Crippen molar-refractivity contribution >= 4 is 34.2 Å². The quantitative estimate of drug-likeness (QED) is 0.285. The van der Waals surface area contributed by atoms with Gasteiger partial charge in [-0.15, -0.1) is 11.8 Å². The Hall–Kier alpha value is 0.334. The van der Waals surface area contributed by atoms with Crippen molar-refractivity contribution in [1.29, 1.82) is 0 Å². The van der Waals surface area contributed by atoms with Gasteiger partial charge >= 0.3 is 0 Å². The highest BCUT2D eigenvalue weighted by molar-refractivity contribution is 7.99. The van der Waals surface area contributed by atoms with E-state index in [1.165, 1.54) is 0 Å². The molecule has 0 N–H and O–H groups in total. The first-order valence-electron chi connectivity index (χ1n) is 11.1. The van der Waals surface area contributed by atoms with E-state index in [-0.39, 0.29) is 27.4 Å². The van der Waals surface area contributed by atoms with Crippen molar-refractivity contribution in [1.82, 2.24) is 0 Å². The molecule has 0 aromatic rings. The topological polar surface area (TPSA) is 44.8 Å². The summed E-state index contributed by atoms with van der Waals surface area (Å²) in [7, 11) is -4.02. The van der Waals surface area contributed by atoms with Gasteiger partial charge in [0, 0.05) is 6.42 Å². The van der Waals surface area contributed by atoms with Gasteiger partial charge in [0.2, 0.25) is 0 Å². The van der Waals surface area contributed by atoms with Crippen LogP contribution in [0.15, 0.2) is 0 Å². The Morgan fingerprint density at radius 1 is 1.03 bits per heavy atom. The van der Waals surface area contributed by atoms with Crippen molar-refractivity contribution < 1.29 is 18.4 Å². The Morgan fingerprint density at radius 3 is 2.07 bits per heavy atom. The lowest BCUT2D eigenvalue weighted by Crippen LogP contribution is -2.56. The molecule has 4 nitrogen and oxygen atoms in total. The largest absolute Gasteiger partial charge is 0.414 e. The molecule has 1 saturated heterocycles. The monoisotopic (exact) mass is 462 g/mol. The first kappa shape index (κ1) is 27.4. The summed E-state index contributed by atoms with van der Waals surface area (Å²) in [6, 6.07) is 0. The molecule has 0 amide bonds. The van der Waals surface area contributed by atoms with Gasteiger partial charge < -0.3 is 13.6 Å². The third-order valence-corrected chi connectivity index (χ3v) is 16.9. The van der Waals surface area contributed by atoms with E-state index in [4.69, 9.17) is 13.6 Å². The molecule has 0 aliphatic carbocycles. The van der Waals surface area contributed by atoms with Crippen molar-refractivity contribution in [3.63, 3.8) is 0 Å². The zero-order valence-corrected chi connectivity index (χ0v) is 23.6. The van der Waals surface area contributed by atoms with Gasteiger partial charge in [-0.3, -0.25) is 4.79 Å². The Balaban J connectivity index is 2.99. The van der Waals surface area contributed by atoms with Crippen LogP contribution in [0.5, 0.6) is 0 Å². The molecule has 1 aliphatic rings. The predicted octanol–water partition coefficient (Wildman–Crippen LogP) is 6.62. The lowest BCUT2D eigenvalue weighted by atomic mass is 10.0. The summed E-state index contributed by atoms with van der Waals surface area (Å²) >= 11 is 1.76. The Kier molecular flexibility index (Phi) is 9.72. The summed E-state index contributed by atoms with van der Waals surface area (Å²) in [5.41, 5.74) is -0.0821. The van der Waals surface area contributed by atoms with Crippen molar-refractivity contribution in [3.8, 4) is 0 Å². The van der Waals surface area contributed by atoms with Crippen LogP contribution >= 0.6 is 11.8 Å². The maximum Gasteiger partial charge on any atom is 0.193 e. The molecule has 3 atom stereocenters. The normalized spacial score (nSPS) is 24.8. The van der Waals surface area contributed by atoms with Crippen molar-refractivity contribution in [2.75, 3.05) is 12.4 Å².